The Morgan fingerprint density at radius 1 is 0.969 bits per heavy atom. The minimum Gasteiger partial charge on any atom is -0.326 e. The number of aromatic nitrogens is 2. The summed E-state index contributed by atoms with van der Waals surface area (Å²) < 4.78 is 30.0. The second-order valence-corrected chi connectivity index (χ2v) is 10.2. The maximum absolute atomic E-state index is 13.4. The molecule has 0 spiro atoms. The van der Waals surface area contributed by atoms with E-state index in [1.807, 2.05) is 61.5 Å². The van der Waals surface area contributed by atoms with Crippen molar-refractivity contribution in [1.29, 1.82) is 0 Å². The molecule has 0 bridgehead atoms. The van der Waals surface area contributed by atoms with Crippen LogP contribution in [0.1, 0.15) is 29.8 Å². The van der Waals surface area contributed by atoms with E-state index >= 15 is 0 Å². The molecule has 7 nitrogen and oxygen atoms in total. The second-order valence-electron chi connectivity index (χ2n) is 8.28. The second kappa shape index (κ2) is 8.88. The van der Waals surface area contributed by atoms with Gasteiger partial charge in [0.25, 0.3) is 0 Å². The number of benzene rings is 2. The highest BCUT2D eigenvalue weighted by Gasteiger charge is 2.35. The van der Waals surface area contributed by atoms with Gasteiger partial charge in [-0.05, 0) is 57.9 Å². The number of carbonyl (C=O) groups is 1. The van der Waals surface area contributed by atoms with Crippen molar-refractivity contribution in [2.45, 2.75) is 38.5 Å². The van der Waals surface area contributed by atoms with E-state index in [4.69, 9.17) is 0 Å². The highest BCUT2D eigenvalue weighted by Crippen LogP contribution is 2.29. The molecule has 1 aliphatic rings. The Bertz CT molecular complexity index is 1210. The highest BCUT2D eigenvalue weighted by atomic mass is 32.2. The summed E-state index contributed by atoms with van der Waals surface area (Å²) in [7, 11) is -3.71. The largest absolute Gasteiger partial charge is 0.326 e. The summed E-state index contributed by atoms with van der Waals surface area (Å²) in [5, 5.41) is 7.43. The van der Waals surface area contributed by atoms with Crippen LogP contribution in [0, 0.1) is 26.7 Å². The predicted molar refractivity (Wildman–Crippen MR) is 124 cm³/mol. The SMILES string of the molecule is Cc1ccc(NC(=O)C2CCN(S(=O)(=O)c3c(C)nn(-c4ccccc4)c3C)CC2)cc1. The standard InChI is InChI=1S/C24H28N4O3S/c1-17-9-11-21(12-10-17)25-24(29)20-13-15-27(16-14-20)32(30,31)23-18(2)26-28(19(23)3)22-7-5-4-6-8-22/h4-12,20H,13-16H2,1-3H3,(H,25,29). The van der Waals surface area contributed by atoms with Crippen molar-refractivity contribution in [2.75, 3.05) is 18.4 Å². The molecule has 8 heteroatoms. The molecule has 168 valence electrons. The van der Waals surface area contributed by atoms with Crippen molar-refractivity contribution in [3.63, 3.8) is 0 Å². The summed E-state index contributed by atoms with van der Waals surface area (Å²) >= 11 is 0. The molecule has 1 amide bonds. The zero-order valence-electron chi connectivity index (χ0n) is 18.6. The van der Waals surface area contributed by atoms with Gasteiger partial charge in [0.05, 0.1) is 17.1 Å². The lowest BCUT2D eigenvalue weighted by molar-refractivity contribution is -0.120. The van der Waals surface area contributed by atoms with Gasteiger partial charge in [-0.15, -0.1) is 0 Å². The van der Waals surface area contributed by atoms with Gasteiger partial charge in [-0.1, -0.05) is 35.9 Å². The molecule has 0 unspecified atom stereocenters. The third-order valence-corrected chi connectivity index (χ3v) is 8.12. The molecule has 0 aliphatic carbocycles. The average Bonchev–Trinajstić information content (AvgIpc) is 3.10. The highest BCUT2D eigenvalue weighted by molar-refractivity contribution is 7.89. The number of nitrogens with one attached hydrogen (secondary N) is 1. The van der Waals surface area contributed by atoms with Crippen LogP contribution >= 0.6 is 0 Å². The van der Waals surface area contributed by atoms with Crippen LogP contribution in [0.5, 0.6) is 0 Å². The summed E-state index contributed by atoms with van der Waals surface area (Å²) in [4.78, 5) is 12.9. The fraction of sp³-hybridized carbons (Fsp3) is 0.333. The van der Waals surface area contributed by atoms with Crippen LogP contribution in [-0.4, -0.2) is 41.5 Å². The van der Waals surface area contributed by atoms with Crippen molar-refractivity contribution >= 4 is 21.6 Å². The molecule has 1 fully saturated rings. The van der Waals surface area contributed by atoms with E-state index in [1.165, 1.54) is 4.31 Å². The summed E-state index contributed by atoms with van der Waals surface area (Å²) in [5.74, 6) is -0.271. The molecule has 2 aromatic carbocycles. The number of amides is 1. The lowest BCUT2D eigenvalue weighted by atomic mass is 9.97. The van der Waals surface area contributed by atoms with Crippen LogP contribution in [0.4, 0.5) is 5.69 Å². The Labute approximate surface area is 189 Å². The van der Waals surface area contributed by atoms with E-state index in [-0.39, 0.29) is 16.7 Å². The number of hydrogen-bond donors (Lipinski definition) is 1. The Hall–Kier alpha value is -2.97. The molecule has 32 heavy (non-hydrogen) atoms. The van der Waals surface area contributed by atoms with Gasteiger partial charge in [0.15, 0.2) is 0 Å². The van der Waals surface area contributed by atoms with Crippen LogP contribution in [0.2, 0.25) is 0 Å². The maximum Gasteiger partial charge on any atom is 0.246 e. The lowest BCUT2D eigenvalue weighted by Gasteiger charge is -2.30. The summed E-state index contributed by atoms with van der Waals surface area (Å²) in [5.41, 5.74) is 3.78. The van der Waals surface area contributed by atoms with Crippen LogP contribution in [0.3, 0.4) is 0 Å². The number of para-hydroxylation sites is 1. The first-order chi connectivity index (χ1) is 15.3. The molecule has 3 aromatic rings. The lowest BCUT2D eigenvalue weighted by Crippen LogP contribution is -2.41. The number of sulfonamides is 1. The first-order valence-corrected chi connectivity index (χ1v) is 12.2. The fourth-order valence-electron chi connectivity index (χ4n) is 4.19. The molecule has 1 aromatic heterocycles. The van der Waals surface area contributed by atoms with Crippen LogP contribution in [0.25, 0.3) is 5.69 Å². The van der Waals surface area contributed by atoms with Crippen molar-refractivity contribution in [2.24, 2.45) is 5.92 Å². The quantitative estimate of drug-likeness (QED) is 0.638. The van der Waals surface area contributed by atoms with E-state index in [9.17, 15) is 13.2 Å². The number of carbonyl (C=O) groups excluding carboxylic acids is 1. The Morgan fingerprint density at radius 3 is 2.22 bits per heavy atom. The normalized spacial score (nSPS) is 15.6. The molecule has 0 atom stereocenters. The van der Waals surface area contributed by atoms with Gasteiger partial charge < -0.3 is 5.32 Å². The third kappa shape index (κ3) is 4.33. The first-order valence-electron chi connectivity index (χ1n) is 10.8. The number of piperidine rings is 1. The molecular weight excluding hydrogens is 424 g/mol. The molecule has 1 saturated heterocycles. The van der Waals surface area contributed by atoms with E-state index in [0.717, 1.165) is 16.9 Å². The van der Waals surface area contributed by atoms with Gasteiger partial charge >= 0.3 is 0 Å². The van der Waals surface area contributed by atoms with E-state index in [1.54, 1.807) is 18.5 Å². The van der Waals surface area contributed by atoms with Crippen LogP contribution < -0.4 is 5.32 Å². The van der Waals surface area contributed by atoms with Crippen LogP contribution in [-0.2, 0) is 14.8 Å². The molecule has 1 aliphatic heterocycles. The number of rotatable bonds is 5. The van der Waals surface area contributed by atoms with Gasteiger partial charge in [0.1, 0.15) is 4.90 Å². The van der Waals surface area contributed by atoms with E-state index < -0.39 is 10.0 Å². The average molecular weight is 453 g/mol. The Kier molecular flexibility index (Phi) is 6.17. The minimum atomic E-state index is -3.71. The van der Waals surface area contributed by atoms with Gasteiger partial charge in [-0.2, -0.15) is 9.40 Å². The topological polar surface area (TPSA) is 84.3 Å². The number of anilines is 1. The van der Waals surface area contributed by atoms with Crippen LogP contribution in [0.15, 0.2) is 59.5 Å². The van der Waals surface area contributed by atoms with Gasteiger partial charge in [0, 0.05) is 24.7 Å². The fourth-order valence-corrected chi connectivity index (χ4v) is 6.01. The molecular formula is C24H28N4O3S. The summed E-state index contributed by atoms with van der Waals surface area (Å²) in [6, 6.07) is 17.1. The Morgan fingerprint density at radius 2 is 1.59 bits per heavy atom. The third-order valence-electron chi connectivity index (χ3n) is 5.97. The van der Waals surface area contributed by atoms with E-state index in [2.05, 4.69) is 10.4 Å². The van der Waals surface area contributed by atoms with E-state index in [0.29, 0.717) is 37.3 Å². The molecule has 0 saturated carbocycles. The van der Waals surface area contributed by atoms with Gasteiger partial charge in [-0.3, -0.25) is 4.79 Å². The molecule has 0 radical (unpaired) electrons. The van der Waals surface area contributed by atoms with Crippen molar-refractivity contribution in [3.05, 3.63) is 71.5 Å². The van der Waals surface area contributed by atoms with Crippen molar-refractivity contribution in [1.82, 2.24) is 14.1 Å². The summed E-state index contributed by atoms with van der Waals surface area (Å²) in [6.07, 6.45) is 0.976. The van der Waals surface area contributed by atoms with Gasteiger partial charge in [0.2, 0.25) is 15.9 Å². The smallest absolute Gasteiger partial charge is 0.246 e. The molecule has 2 heterocycles. The number of aryl methyl sites for hydroxylation is 2. The Balaban J connectivity index is 1.47. The number of nitrogens with zero attached hydrogens (tertiary/aromatic N) is 3. The zero-order valence-corrected chi connectivity index (χ0v) is 19.4. The monoisotopic (exact) mass is 452 g/mol. The molecule has 4 rings (SSSR count). The first kappa shape index (κ1) is 22.2. The van der Waals surface area contributed by atoms with Crippen molar-refractivity contribution in [3.8, 4) is 5.69 Å². The number of hydrogen-bond acceptors (Lipinski definition) is 4. The summed E-state index contributed by atoms with van der Waals surface area (Å²) in [6.45, 7) is 6.12. The van der Waals surface area contributed by atoms with Crippen molar-refractivity contribution < 1.29 is 13.2 Å². The zero-order chi connectivity index (χ0) is 22.9. The molecule has 1 N–H and O–H groups in total. The maximum atomic E-state index is 13.4. The van der Waals surface area contributed by atoms with Gasteiger partial charge in [-0.25, -0.2) is 13.1 Å². The minimum absolute atomic E-state index is 0.0600. The predicted octanol–water partition coefficient (Wildman–Crippen LogP) is 3.84.